The molecule has 0 aliphatic carbocycles. The zero-order valence-electron chi connectivity index (χ0n) is 21.9. The minimum absolute atomic E-state index is 0.115. The SMILES string of the molecule is CCN1CCN(C(=NO)c2ccc(C#C[C@]3(CN4Cc5ccc(OC)cc5C4=O)NC(=O)NC3=O)cc2)CC1. The highest BCUT2D eigenvalue weighted by Crippen LogP contribution is 2.28. The maximum atomic E-state index is 13.1. The molecule has 0 aromatic heterocycles. The molecular weight excluding hydrogens is 500 g/mol. The Morgan fingerprint density at radius 1 is 1.10 bits per heavy atom. The van der Waals surface area contributed by atoms with Crippen LogP contribution in [0.25, 0.3) is 0 Å². The Hall–Kier alpha value is -4.56. The number of amides is 4. The van der Waals surface area contributed by atoms with Crippen molar-refractivity contribution >= 4 is 23.7 Å². The van der Waals surface area contributed by atoms with Crippen LogP contribution in [0.2, 0.25) is 0 Å². The van der Waals surface area contributed by atoms with E-state index in [1.54, 1.807) is 36.4 Å². The standard InChI is InChI=1S/C28H30N6O5/c1-3-32-12-14-33(15-13-32)24(31-38)20-6-4-19(5-7-20)10-11-28(26(36)29-27(37)30-28)18-34-17-21-8-9-22(39-2)16-23(21)25(34)35/h4-9,16,38H,3,12-15,17-18H2,1-2H3,(H2,29,30,36,37)/t28-/m1/s1. The van der Waals surface area contributed by atoms with Crippen LogP contribution in [0.4, 0.5) is 4.79 Å². The first-order valence-corrected chi connectivity index (χ1v) is 12.8. The van der Waals surface area contributed by atoms with Gasteiger partial charge in [0.05, 0.1) is 13.7 Å². The minimum atomic E-state index is -1.60. The smallest absolute Gasteiger partial charge is 0.323 e. The van der Waals surface area contributed by atoms with Crippen LogP contribution in [-0.2, 0) is 11.3 Å². The van der Waals surface area contributed by atoms with E-state index in [2.05, 4.69) is 39.5 Å². The molecule has 4 amide bonds. The van der Waals surface area contributed by atoms with E-state index in [0.717, 1.165) is 43.9 Å². The number of piperazine rings is 1. The van der Waals surface area contributed by atoms with E-state index in [1.165, 1.54) is 12.0 Å². The Morgan fingerprint density at radius 3 is 2.46 bits per heavy atom. The van der Waals surface area contributed by atoms with Gasteiger partial charge in [-0.25, -0.2) is 4.79 Å². The van der Waals surface area contributed by atoms with Crippen LogP contribution in [-0.4, -0.2) is 95.5 Å². The molecule has 2 fully saturated rings. The van der Waals surface area contributed by atoms with Crippen molar-refractivity contribution in [3.8, 4) is 17.6 Å². The van der Waals surface area contributed by atoms with Gasteiger partial charge in [0.25, 0.3) is 11.8 Å². The van der Waals surface area contributed by atoms with Gasteiger partial charge in [0.1, 0.15) is 5.75 Å². The molecule has 3 heterocycles. The van der Waals surface area contributed by atoms with Crippen molar-refractivity contribution in [1.82, 2.24) is 25.3 Å². The van der Waals surface area contributed by atoms with Gasteiger partial charge in [-0.3, -0.25) is 14.9 Å². The average molecular weight is 531 g/mol. The number of urea groups is 1. The first-order chi connectivity index (χ1) is 18.9. The molecule has 11 heteroatoms. The molecule has 2 aromatic carbocycles. The van der Waals surface area contributed by atoms with Gasteiger partial charge in [0.15, 0.2) is 5.84 Å². The minimum Gasteiger partial charge on any atom is -0.497 e. The van der Waals surface area contributed by atoms with Gasteiger partial charge < -0.3 is 30.0 Å². The Kier molecular flexibility index (Phi) is 7.13. The van der Waals surface area contributed by atoms with E-state index >= 15 is 0 Å². The van der Waals surface area contributed by atoms with Crippen molar-refractivity contribution in [1.29, 1.82) is 0 Å². The highest BCUT2D eigenvalue weighted by atomic mass is 16.5. The van der Waals surface area contributed by atoms with E-state index in [4.69, 9.17) is 4.74 Å². The molecule has 11 nitrogen and oxygen atoms in total. The lowest BCUT2D eigenvalue weighted by atomic mass is 9.99. The molecule has 3 aliphatic heterocycles. The molecule has 39 heavy (non-hydrogen) atoms. The highest BCUT2D eigenvalue weighted by Gasteiger charge is 2.48. The predicted octanol–water partition coefficient (Wildman–Crippen LogP) is 1.05. The third kappa shape index (κ3) is 5.11. The molecule has 202 valence electrons. The summed E-state index contributed by atoms with van der Waals surface area (Å²) in [5, 5.41) is 18.1. The molecule has 0 spiro atoms. The third-order valence-electron chi connectivity index (χ3n) is 7.34. The first-order valence-electron chi connectivity index (χ1n) is 12.8. The Bertz CT molecular complexity index is 1390. The maximum absolute atomic E-state index is 13.1. The van der Waals surface area contributed by atoms with Gasteiger partial charge in [0.2, 0.25) is 5.54 Å². The normalized spacial score (nSPS) is 21.3. The monoisotopic (exact) mass is 530 g/mol. The summed E-state index contributed by atoms with van der Waals surface area (Å²) in [7, 11) is 1.53. The summed E-state index contributed by atoms with van der Waals surface area (Å²) < 4.78 is 5.23. The quantitative estimate of drug-likeness (QED) is 0.132. The number of hydrogen-bond acceptors (Lipinski definition) is 7. The molecule has 1 atom stereocenters. The van der Waals surface area contributed by atoms with Crippen LogP contribution < -0.4 is 15.4 Å². The number of hydrogen-bond donors (Lipinski definition) is 3. The molecule has 3 N–H and O–H groups in total. The van der Waals surface area contributed by atoms with Crippen LogP contribution in [0.15, 0.2) is 47.6 Å². The van der Waals surface area contributed by atoms with E-state index < -0.39 is 17.5 Å². The Morgan fingerprint density at radius 2 is 1.85 bits per heavy atom. The van der Waals surface area contributed by atoms with Crippen LogP contribution >= 0.6 is 0 Å². The second-order valence-electron chi connectivity index (χ2n) is 9.67. The highest BCUT2D eigenvalue weighted by molar-refractivity contribution is 6.10. The maximum Gasteiger partial charge on any atom is 0.323 e. The lowest BCUT2D eigenvalue weighted by molar-refractivity contribution is -0.122. The summed E-state index contributed by atoms with van der Waals surface area (Å²) in [5.74, 6) is 6.07. The number of methoxy groups -OCH3 is 1. The number of benzene rings is 2. The van der Waals surface area contributed by atoms with Crippen molar-refractivity contribution in [2.45, 2.75) is 19.0 Å². The summed E-state index contributed by atoms with van der Waals surface area (Å²) in [6.07, 6.45) is 0. The average Bonchev–Trinajstić information content (AvgIpc) is 3.42. The molecule has 3 aliphatic rings. The van der Waals surface area contributed by atoms with Crippen molar-refractivity contribution in [3.63, 3.8) is 0 Å². The topological polar surface area (TPSA) is 127 Å². The van der Waals surface area contributed by atoms with Crippen molar-refractivity contribution < 1.29 is 24.3 Å². The fraction of sp³-hybridized carbons (Fsp3) is 0.357. The summed E-state index contributed by atoms with van der Waals surface area (Å²) in [4.78, 5) is 44.0. The Labute approximate surface area is 226 Å². The van der Waals surface area contributed by atoms with Crippen molar-refractivity contribution in [2.75, 3.05) is 46.4 Å². The molecule has 0 unspecified atom stereocenters. The van der Waals surface area contributed by atoms with Crippen LogP contribution in [0, 0.1) is 11.8 Å². The fourth-order valence-corrected chi connectivity index (χ4v) is 5.07. The fourth-order valence-electron chi connectivity index (χ4n) is 5.07. The number of nitrogens with zero attached hydrogens (tertiary/aromatic N) is 4. The van der Waals surface area contributed by atoms with Crippen LogP contribution in [0.1, 0.15) is 34.0 Å². The number of nitrogens with one attached hydrogen (secondary N) is 2. The number of ether oxygens (including phenoxy) is 1. The molecule has 0 bridgehead atoms. The molecule has 0 saturated carbocycles. The number of rotatable bonds is 5. The molecule has 2 saturated heterocycles. The number of carbonyl (C=O) groups excluding carboxylic acids is 3. The second-order valence-corrected chi connectivity index (χ2v) is 9.67. The van der Waals surface area contributed by atoms with Crippen molar-refractivity contribution in [2.24, 2.45) is 5.16 Å². The number of imide groups is 1. The third-order valence-corrected chi connectivity index (χ3v) is 7.34. The zero-order valence-corrected chi connectivity index (χ0v) is 21.9. The second kappa shape index (κ2) is 10.7. The number of likely N-dealkylation sites (N-methyl/N-ethyl adjacent to an activating group) is 1. The number of oxime groups is 1. The zero-order chi connectivity index (χ0) is 27.6. The summed E-state index contributed by atoms with van der Waals surface area (Å²) in [5.41, 5.74) is 1.04. The number of carbonyl (C=O) groups is 3. The summed E-state index contributed by atoms with van der Waals surface area (Å²) >= 11 is 0. The summed E-state index contributed by atoms with van der Waals surface area (Å²) in [6.45, 7) is 6.60. The van der Waals surface area contributed by atoms with E-state index in [0.29, 0.717) is 22.7 Å². The Balaban J connectivity index is 1.34. The van der Waals surface area contributed by atoms with Gasteiger partial charge >= 0.3 is 6.03 Å². The van der Waals surface area contributed by atoms with E-state index in [1.807, 2.05) is 11.0 Å². The molecule has 2 aromatic rings. The van der Waals surface area contributed by atoms with Gasteiger partial charge in [-0.05, 0) is 48.5 Å². The molecule has 0 radical (unpaired) electrons. The number of fused-ring (bicyclic) bond motifs is 1. The van der Waals surface area contributed by atoms with E-state index in [-0.39, 0.29) is 19.0 Å². The largest absolute Gasteiger partial charge is 0.497 e. The van der Waals surface area contributed by atoms with Crippen LogP contribution in [0.3, 0.4) is 0 Å². The molecular formula is C28H30N6O5. The van der Waals surface area contributed by atoms with Crippen molar-refractivity contribution in [3.05, 3.63) is 64.7 Å². The number of amidine groups is 1. The van der Waals surface area contributed by atoms with Gasteiger partial charge in [0, 0.05) is 49.4 Å². The van der Waals surface area contributed by atoms with Gasteiger partial charge in [-0.15, -0.1) is 0 Å². The summed E-state index contributed by atoms with van der Waals surface area (Å²) in [6, 6.07) is 11.7. The van der Waals surface area contributed by atoms with Gasteiger partial charge in [-0.1, -0.05) is 30.0 Å². The lowest BCUT2D eigenvalue weighted by Crippen LogP contribution is -2.54. The first kappa shape index (κ1) is 26.1. The van der Waals surface area contributed by atoms with Gasteiger partial charge in [-0.2, -0.15) is 0 Å². The van der Waals surface area contributed by atoms with Crippen LogP contribution in [0.5, 0.6) is 5.75 Å². The van der Waals surface area contributed by atoms with E-state index in [9.17, 15) is 19.6 Å². The molecule has 5 rings (SSSR count). The lowest BCUT2D eigenvalue weighted by Gasteiger charge is -2.35. The predicted molar refractivity (Wildman–Crippen MR) is 142 cm³/mol.